The molecule has 0 aliphatic rings. The fourth-order valence-corrected chi connectivity index (χ4v) is 2.47. The molecule has 0 aliphatic carbocycles. The van der Waals surface area contributed by atoms with Crippen molar-refractivity contribution in [3.63, 3.8) is 0 Å². The molecule has 0 fully saturated rings. The van der Waals surface area contributed by atoms with Crippen molar-refractivity contribution >= 4 is 23.5 Å². The molecular weight excluding hydrogens is 337 g/mol. The number of halogens is 2. The van der Waals surface area contributed by atoms with Crippen molar-refractivity contribution in [2.75, 3.05) is 0 Å². The van der Waals surface area contributed by atoms with E-state index in [0.717, 1.165) is 6.07 Å². The summed E-state index contributed by atoms with van der Waals surface area (Å²) < 4.78 is 15.2. The molecule has 1 amide bonds. The topological polar surface area (TPSA) is 84.2 Å². The molecule has 128 valence electrons. The maximum Gasteiger partial charge on any atom is 0.330 e. The Kier molecular flexibility index (Phi) is 5.23. The smallest absolute Gasteiger partial charge is 0.330 e. The number of rotatable bonds is 5. The van der Waals surface area contributed by atoms with Crippen molar-refractivity contribution in [1.29, 1.82) is 0 Å². The van der Waals surface area contributed by atoms with Crippen LogP contribution >= 0.6 is 11.6 Å². The van der Waals surface area contributed by atoms with Crippen LogP contribution in [0.5, 0.6) is 0 Å². The molecule has 0 saturated heterocycles. The highest BCUT2D eigenvalue weighted by Gasteiger charge is 2.25. The normalized spacial score (nSPS) is 12.2. The molecule has 1 atom stereocenters. The minimum absolute atomic E-state index is 0.0622. The summed E-state index contributed by atoms with van der Waals surface area (Å²) in [6, 6.07) is 2.26. The van der Waals surface area contributed by atoms with Gasteiger partial charge in [0.1, 0.15) is 5.82 Å². The van der Waals surface area contributed by atoms with Crippen LogP contribution in [0.15, 0.2) is 24.4 Å². The van der Waals surface area contributed by atoms with Gasteiger partial charge in [0.2, 0.25) is 0 Å². The van der Waals surface area contributed by atoms with Crippen LogP contribution in [-0.2, 0) is 4.79 Å². The van der Waals surface area contributed by atoms with Crippen molar-refractivity contribution in [2.45, 2.75) is 32.9 Å². The number of carboxylic acids is 1. The Morgan fingerprint density at radius 1 is 1.38 bits per heavy atom. The molecule has 0 saturated carbocycles. The number of carboxylic acid groups (broad SMARTS) is 1. The first-order chi connectivity index (χ1) is 11.2. The molecule has 2 aromatic rings. The van der Waals surface area contributed by atoms with Gasteiger partial charge >= 0.3 is 5.97 Å². The van der Waals surface area contributed by atoms with E-state index in [1.165, 1.54) is 18.3 Å². The Bertz CT molecular complexity index is 789. The zero-order valence-corrected chi connectivity index (χ0v) is 14.1. The first-order valence-corrected chi connectivity index (χ1v) is 7.63. The van der Waals surface area contributed by atoms with Crippen molar-refractivity contribution in [2.24, 2.45) is 0 Å². The van der Waals surface area contributed by atoms with E-state index in [2.05, 4.69) is 10.4 Å². The highest BCUT2D eigenvalue weighted by atomic mass is 35.5. The number of carbonyl (C=O) groups is 2. The van der Waals surface area contributed by atoms with E-state index < -0.39 is 23.7 Å². The van der Waals surface area contributed by atoms with Crippen LogP contribution in [0.25, 0.3) is 0 Å². The second kappa shape index (κ2) is 7.00. The van der Waals surface area contributed by atoms with Gasteiger partial charge in [-0.05, 0) is 38.5 Å². The minimum Gasteiger partial charge on any atom is -0.479 e. The van der Waals surface area contributed by atoms with Crippen LogP contribution < -0.4 is 5.32 Å². The number of amides is 1. The molecule has 24 heavy (non-hydrogen) atoms. The molecule has 2 rings (SSSR count). The lowest BCUT2D eigenvalue weighted by atomic mass is 10.1. The molecule has 8 heteroatoms. The highest BCUT2D eigenvalue weighted by molar-refractivity contribution is 6.30. The number of hydrogen-bond acceptors (Lipinski definition) is 3. The molecule has 1 unspecified atom stereocenters. The molecule has 2 N–H and O–H groups in total. The third-order valence-electron chi connectivity index (χ3n) is 3.58. The van der Waals surface area contributed by atoms with Crippen molar-refractivity contribution < 1.29 is 19.1 Å². The minimum atomic E-state index is -1.40. The van der Waals surface area contributed by atoms with Gasteiger partial charge in [0.05, 0.1) is 16.8 Å². The highest BCUT2D eigenvalue weighted by Crippen LogP contribution is 2.21. The lowest BCUT2D eigenvalue weighted by Crippen LogP contribution is -2.34. The number of aliphatic carboxylic acids is 1. The van der Waals surface area contributed by atoms with E-state index in [1.807, 2.05) is 13.8 Å². The van der Waals surface area contributed by atoms with Crippen LogP contribution in [0.3, 0.4) is 0 Å². The fourth-order valence-electron chi connectivity index (χ4n) is 2.36. The summed E-state index contributed by atoms with van der Waals surface area (Å²) in [5.74, 6) is -2.65. The Hall–Kier alpha value is -2.41. The van der Waals surface area contributed by atoms with Gasteiger partial charge < -0.3 is 10.4 Å². The largest absolute Gasteiger partial charge is 0.479 e. The zero-order chi connectivity index (χ0) is 18.0. The van der Waals surface area contributed by atoms with E-state index >= 15 is 0 Å². The maximum atomic E-state index is 13.6. The summed E-state index contributed by atoms with van der Waals surface area (Å²) in [5, 5.41) is 15.7. The van der Waals surface area contributed by atoms with Gasteiger partial charge in [0.25, 0.3) is 5.91 Å². The van der Waals surface area contributed by atoms with Crippen LogP contribution in [0, 0.1) is 12.7 Å². The van der Waals surface area contributed by atoms with Crippen LogP contribution in [0.1, 0.15) is 47.5 Å². The van der Waals surface area contributed by atoms with Crippen molar-refractivity contribution in [1.82, 2.24) is 15.1 Å². The SMILES string of the molecule is Cc1c(C(=O)NC(C(=O)O)c2ccc(Cl)c(F)c2)cnn1C(C)C. The number of carbonyl (C=O) groups excluding carboxylic acids is 1. The summed E-state index contributed by atoms with van der Waals surface area (Å²) in [7, 11) is 0. The Balaban J connectivity index is 2.29. The molecule has 0 bridgehead atoms. The third-order valence-corrected chi connectivity index (χ3v) is 3.88. The van der Waals surface area contributed by atoms with Gasteiger partial charge in [-0.25, -0.2) is 9.18 Å². The first kappa shape index (κ1) is 17.9. The van der Waals surface area contributed by atoms with E-state index in [-0.39, 0.29) is 22.2 Å². The Morgan fingerprint density at radius 3 is 2.54 bits per heavy atom. The number of benzene rings is 1. The van der Waals surface area contributed by atoms with Gasteiger partial charge in [-0.1, -0.05) is 17.7 Å². The molecule has 0 radical (unpaired) electrons. The summed E-state index contributed by atoms with van der Waals surface area (Å²) >= 11 is 5.60. The second-order valence-electron chi connectivity index (χ2n) is 5.60. The number of nitrogens with one attached hydrogen (secondary N) is 1. The van der Waals surface area contributed by atoms with Crippen molar-refractivity contribution in [3.05, 3.63) is 52.1 Å². The summed E-state index contributed by atoms with van der Waals surface area (Å²) in [4.78, 5) is 23.9. The average Bonchev–Trinajstić information content (AvgIpc) is 2.89. The number of hydrogen-bond donors (Lipinski definition) is 2. The average molecular weight is 354 g/mol. The molecule has 6 nitrogen and oxygen atoms in total. The first-order valence-electron chi connectivity index (χ1n) is 7.25. The van der Waals surface area contributed by atoms with Crippen LogP contribution in [-0.4, -0.2) is 26.8 Å². The molecule has 1 aromatic heterocycles. The molecule has 0 spiro atoms. The molecule has 0 aliphatic heterocycles. The van der Waals surface area contributed by atoms with Crippen LogP contribution in [0.4, 0.5) is 4.39 Å². The van der Waals surface area contributed by atoms with E-state index in [1.54, 1.807) is 11.6 Å². The quantitative estimate of drug-likeness (QED) is 0.865. The fraction of sp³-hybridized carbons (Fsp3) is 0.312. The summed E-state index contributed by atoms with van der Waals surface area (Å²) in [5.41, 5.74) is 0.977. The van der Waals surface area contributed by atoms with Gasteiger partial charge in [0.15, 0.2) is 6.04 Å². The molecule has 1 heterocycles. The molecule has 1 aromatic carbocycles. The third kappa shape index (κ3) is 3.56. The van der Waals surface area contributed by atoms with E-state index in [4.69, 9.17) is 11.6 Å². The van der Waals surface area contributed by atoms with Crippen LogP contribution in [0.2, 0.25) is 5.02 Å². The Morgan fingerprint density at radius 2 is 2.04 bits per heavy atom. The second-order valence-corrected chi connectivity index (χ2v) is 6.01. The van der Waals surface area contributed by atoms with E-state index in [0.29, 0.717) is 5.69 Å². The Labute approximate surface area is 143 Å². The number of nitrogens with zero attached hydrogens (tertiary/aromatic N) is 2. The van der Waals surface area contributed by atoms with Gasteiger partial charge in [0, 0.05) is 11.7 Å². The number of aromatic nitrogens is 2. The predicted molar refractivity (Wildman–Crippen MR) is 86.6 cm³/mol. The predicted octanol–water partition coefficient (Wildman–Crippen LogP) is 3.12. The summed E-state index contributed by atoms with van der Waals surface area (Å²) in [6.45, 7) is 5.55. The maximum absolute atomic E-state index is 13.6. The lowest BCUT2D eigenvalue weighted by Gasteiger charge is -2.15. The summed E-state index contributed by atoms with van der Waals surface area (Å²) in [6.07, 6.45) is 1.38. The monoisotopic (exact) mass is 353 g/mol. The molecular formula is C16H17ClFN3O3. The zero-order valence-electron chi connectivity index (χ0n) is 13.4. The van der Waals surface area contributed by atoms with Crippen molar-refractivity contribution in [3.8, 4) is 0 Å². The van der Waals surface area contributed by atoms with Gasteiger partial charge in [-0.2, -0.15) is 5.10 Å². The lowest BCUT2D eigenvalue weighted by molar-refractivity contribution is -0.139. The van der Waals surface area contributed by atoms with E-state index in [9.17, 15) is 19.1 Å². The van der Waals surface area contributed by atoms with Gasteiger partial charge in [-0.3, -0.25) is 9.48 Å². The van der Waals surface area contributed by atoms with Gasteiger partial charge in [-0.15, -0.1) is 0 Å². The standard InChI is InChI=1S/C16H17ClFN3O3/c1-8(2)21-9(3)11(7-19-21)15(22)20-14(16(23)24)10-4-5-12(17)13(18)6-10/h4-8,14H,1-3H3,(H,20,22)(H,23,24).